The van der Waals surface area contributed by atoms with E-state index in [4.69, 9.17) is 4.74 Å². The molecule has 0 fully saturated rings. The van der Waals surface area contributed by atoms with E-state index in [-0.39, 0.29) is 5.75 Å². The quantitative estimate of drug-likeness (QED) is 0.398. The van der Waals surface area contributed by atoms with Gasteiger partial charge in [0.05, 0.1) is 5.75 Å². The molecule has 1 unspecified atom stereocenters. The zero-order valence-corrected chi connectivity index (χ0v) is 18.5. The molecule has 10 heteroatoms. The Hall–Kier alpha value is -3.66. The van der Waals surface area contributed by atoms with Gasteiger partial charge in [0.15, 0.2) is 17.1 Å². The van der Waals surface area contributed by atoms with Crippen LogP contribution in [0.15, 0.2) is 65.8 Å². The van der Waals surface area contributed by atoms with Crippen LogP contribution in [0, 0.1) is 0 Å². The van der Waals surface area contributed by atoms with E-state index in [1.807, 2.05) is 65.2 Å². The first-order chi connectivity index (χ1) is 15.5. The number of benzene rings is 2. The summed E-state index contributed by atoms with van der Waals surface area (Å²) in [5.41, 5.74) is 1.73. The summed E-state index contributed by atoms with van der Waals surface area (Å²) in [6, 6.07) is 18.5. The summed E-state index contributed by atoms with van der Waals surface area (Å²) in [7, 11) is 0. The average molecular weight is 454 g/mol. The summed E-state index contributed by atoms with van der Waals surface area (Å²) in [5.74, 6) is -0.758. The highest BCUT2D eigenvalue weighted by atomic mass is 32.2. The molecule has 2 N–H and O–H groups in total. The highest BCUT2D eigenvalue weighted by molar-refractivity contribution is 7.99. The maximum absolute atomic E-state index is 12.3. The van der Waals surface area contributed by atoms with Crippen LogP contribution in [-0.2, 0) is 14.3 Å². The smallest absolute Gasteiger partial charge is 0.321 e. The maximum atomic E-state index is 12.3. The molecule has 3 rings (SSSR count). The van der Waals surface area contributed by atoms with Gasteiger partial charge in [0.25, 0.3) is 5.91 Å². The van der Waals surface area contributed by atoms with Crippen LogP contribution in [0.1, 0.15) is 13.8 Å². The van der Waals surface area contributed by atoms with Crippen molar-refractivity contribution >= 4 is 29.7 Å². The van der Waals surface area contributed by atoms with Crippen molar-refractivity contribution in [3.8, 4) is 17.1 Å². The van der Waals surface area contributed by atoms with Gasteiger partial charge >= 0.3 is 12.0 Å². The van der Waals surface area contributed by atoms with E-state index >= 15 is 0 Å². The number of ether oxygens (including phenoxy) is 1. The Labute approximate surface area is 189 Å². The van der Waals surface area contributed by atoms with E-state index in [0.717, 1.165) is 23.0 Å². The number of carbonyl (C=O) groups excluding carboxylic acids is 3. The van der Waals surface area contributed by atoms with Crippen molar-refractivity contribution in [3.05, 3.63) is 60.7 Å². The van der Waals surface area contributed by atoms with Gasteiger partial charge in [-0.15, -0.1) is 10.2 Å². The molecule has 0 aliphatic heterocycles. The molecule has 0 spiro atoms. The number of hydrogen-bond donors (Lipinski definition) is 2. The van der Waals surface area contributed by atoms with Crippen molar-refractivity contribution in [3.63, 3.8) is 0 Å². The van der Waals surface area contributed by atoms with Gasteiger partial charge in [-0.1, -0.05) is 60.3 Å². The van der Waals surface area contributed by atoms with Crippen molar-refractivity contribution < 1.29 is 19.1 Å². The van der Waals surface area contributed by atoms with Crippen LogP contribution < -0.4 is 10.6 Å². The molecule has 1 heterocycles. The Kier molecular flexibility index (Phi) is 7.98. The van der Waals surface area contributed by atoms with Gasteiger partial charge < -0.3 is 10.1 Å². The van der Waals surface area contributed by atoms with E-state index in [9.17, 15) is 14.4 Å². The number of hydrogen-bond acceptors (Lipinski definition) is 7. The second-order valence-corrected chi connectivity index (χ2v) is 7.56. The Balaban J connectivity index is 1.70. The predicted octanol–water partition coefficient (Wildman–Crippen LogP) is 2.80. The first-order valence-electron chi connectivity index (χ1n) is 9.96. The highest BCUT2D eigenvalue weighted by Gasteiger charge is 2.21. The minimum atomic E-state index is -1.11. The van der Waals surface area contributed by atoms with Crippen LogP contribution in [0.5, 0.6) is 0 Å². The fourth-order valence-corrected chi connectivity index (χ4v) is 3.51. The SMILES string of the molecule is CCNC(=O)NC(=O)C(C)OC(=O)CSc1nnc(-c2ccccc2)n1-c1ccccc1. The lowest BCUT2D eigenvalue weighted by atomic mass is 10.2. The third kappa shape index (κ3) is 5.94. The molecule has 0 bridgehead atoms. The molecule has 0 saturated carbocycles. The lowest BCUT2D eigenvalue weighted by Gasteiger charge is -2.13. The number of carbonyl (C=O) groups is 3. The Morgan fingerprint density at radius 3 is 2.34 bits per heavy atom. The van der Waals surface area contributed by atoms with Crippen LogP contribution in [0.3, 0.4) is 0 Å². The third-order valence-electron chi connectivity index (χ3n) is 4.25. The van der Waals surface area contributed by atoms with Gasteiger partial charge in [-0.25, -0.2) is 4.79 Å². The molecule has 0 aliphatic carbocycles. The molecule has 0 saturated heterocycles. The summed E-state index contributed by atoms with van der Waals surface area (Å²) >= 11 is 1.15. The number of para-hydroxylation sites is 1. The largest absolute Gasteiger partial charge is 0.452 e. The van der Waals surface area contributed by atoms with E-state index in [0.29, 0.717) is 17.5 Å². The third-order valence-corrected chi connectivity index (χ3v) is 5.15. The first-order valence-corrected chi connectivity index (χ1v) is 11.0. The van der Waals surface area contributed by atoms with Crippen LogP contribution >= 0.6 is 11.8 Å². The summed E-state index contributed by atoms with van der Waals surface area (Å²) in [6.45, 7) is 3.50. The van der Waals surface area contributed by atoms with Crippen LogP contribution in [0.25, 0.3) is 17.1 Å². The molecule has 1 atom stereocenters. The molecular weight excluding hydrogens is 430 g/mol. The van der Waals surface area contributed by atoms with E-state index < -0.39 is 24.0 Å². The number of nitrogens with zero attached hydrogens (tertiary/aromatic N) is 3. The highest BCUT2D eigenvalue weighted by Crippen LogP contribution is 2.27. The Bertz CT molecular complexity index is 1070. The number of imide groups is 1. The number of nitrogens with one attached hydrogen (secondary N) is 2. The Morgan fingerprint density at radius 1 is 1.03 bits per heavy atom. The van der Waals surface area contributed by atoms with Gasteiger partial charge in [-0.2, -0.15) is 0 Å². The standard InChI is InChI=1S/C22H23N5O4S/c1-3-23-21(30)24-20(29)15(2)31-18(28)14-32-22-26-25-19(16-10-6-4-7-11-16)27(22)17-12-8-5-9-13-17/h4-13,15H,3,14H2,1-2H3,(H2,23,24,29,30). The van der Waals surface area contributed by atoms with E-state index in [1.165, 1.54) is 6.92 Å². The zero-order valence-electron chi connectivity index (χ0n) is 17.6. The van der Waals surface area contributed by atoms with Crippen LogP contribution in [-0.4, -0.2) is 51.1 Å². The molecule has 166 valence electrons. The topological polar surface area (TPSA) is 115 Å². The molecular formula is C22H23N5O4S. The van der Waals surface area contributed by atoms with Gasteiger partial charge in [0, 0.05) is 17.8 Å². The number of esters is 1. The monoisotopic (exact) mass is 453 g/mol. The first kappa shape index (κ1) is 23.0. The summed E-state index contributed by atoms with van der Waals surface area (Å²) < 4.78 is 7.00. The van der Waals surface area contributed by atoms with Crippen molar-refractivity contribution in [2.75, 3.05) is 12.3 Å². The Morgan fingerprint density at radius 2 is 1.69 bits per heavy atom. The number of amides is 3. The minimum Gasteiger partial charge on any atom is -0.452 e. The van der Waals surface area contributed by atoms with Crippen LogP contribution in [0.2, 0.25) is 0 Å². The second-order valence-electron chi connectivity index (χ2n) is 6.61. The normalized spacial score (nSPS) is 11.4. The summed E-state index contributed by atoms with van der Waals surface area (Å²) in [6.07, 6.45) is -1.11. The fourth-order valence-electron chi connectivity index (χ4n) is 2.77. The van der Waals surface area contributed by atoms with Gasteiger partial charge in [-0.05, 0) is 26.0 Å². The molecule has 2 aromatic carbocycles. The van der Waals surface area contributed by atoms with Crippen molar-refractivity contribution in [1.29, 1.82) is 0 Å². The van der Waals surface area contributed by atoms with Crippen LogP contribution in [0.4, 0.5) is 4.79 Å². The zero-order chi connectivity index (χ0) is 22.9. The molecule has 32 heavy (non-hydrogen) atoms. The van der Waals surface area contributed by atoms with Gasteiger partial charge in [-0.3, -0.25) is 19.5 Å². The van der Waals surface area contributed by atoms with E-state index in [1.54, 1.807) is 6.92 Å². The van der Waals surface area contributed by atoms with E-state index in [2.05, 4.69) is 20.8 Å². The number of urea groups is 1. The van der Waals surface area contributed by atoms with Gasteiger partial charge in [0.1, 0.15) is 0 Å². The molecule has 0 radical (unpaired) electrons. The maximum Gasteiger partial charge on any atom is 0.321 e. The van der Waals surface area contributed by atoms with Gasteiger partial charge in [0.2, 0.25) is 0 Å². The molecule has 3 amide bonds. The number of thioether (sulfide) groups is 1. The minimum absolute atomic E-state index is 0.0848. The van der Waals surface area contributed by atoms with Crippen molar-refractivity contribution in [2.45, 2.75) is 25.1 Å². The lowest BCUT2D eigenvalue weighted by Crippen LogP contribution is -2.44. The fraction of sp³-hybridized carbons (Fsp3) is 0.227. The molecule has 3 aromatic rings. The van der Waals surface area contributed by atoms with Crippen molar-refractivity contribution in [1.82, 2.24) is 25.4 Å². The molecule has 0 aliphatic rings. The number of aromatic nitrogens is 3. The molecule has 9 nitrogen and oxygen atoms in total. The average Bonchev–Trinajstić information content (AvgIpc) is 3.23. The summed E-state index contributed by atoms with van der Waals surface area (Å²) in [5, 5.41) is 13.6. The summed E-state index contributed by atoms with van der Waals surface area (Å²) in [4.78, 5) is 35.7. The molecule has 1 aromatic heterocycles. The second kappa shape index (κ2) is 11.1. The predicted molar refractivity (Wildman–Crippen MR) is 120 cm³/mol. The number of rotatable bonds is 8. The lowest BCUT2D eigenvalue weighted by molar-refractivity contribution is -0.151. The van der Waals surface area contributed by atoms with Crippen molar-refractivity contribution in [2.24, 2.45) is 0 Å².